The van der Waals surface area contributed by atoms with Crippen LogP contribution in [0.2, 0.25) is 0 Å². The van der Waals surface area contributed by atoms with Gasteiger partial charge in [0.15, 0.2) is 0 Å². The predicted molar refractivity (Wildman–Crippen MR) is 83.5 cm³/mol. The van der Waals surface area contributed by atoms with Crippen molar-refractivity contribution in [2.45, 2.75) is 39.2 Å². The Morgan fingerprint density at radius 2 is 2.06 bits per heavy atom. The summed E-state index contributed by atoms with van der Waals surface area (Å²) in [5.74, 6) is 0. The van der Waals surface area contributed by atoms with Gasteiger partial charge in [0, 0.05) is 24.6 Å². The highest BCUT2D eigenvalue weighted by Crippen LogP contribution is 2.39. The van der Waals surface area contributed by atoms with Crippen LogP contribution >= 0.6 is 15.9 Å². The molecule has 0 aliphatic heterocycles. The summed E-state index contributed by atoms with van der Waals surface area (Å²) < 4.78 is 1.13. The maximum atomic E-state index is 3.72. The zero-order valence-electron chi connectivity index (χ0n) is 11.8. The van der Waals surface area contributed by atoms with Crippen molar-refractivity contribution in [3.63, 3.8) is 0 Å². The van der Waals surface area contributed by atoms with Gasteiger partial charge in [0.1, 0.15) is 0 Å². The van der Waals surface area contributed by atoms with E-state index in [0.717, 1.165) is 4.47 Å². The van der Waals surface area contributed by atoms with Gasteiger partial charge in [-0.25, -0.2) is 0 Å². The normalized spacial score (nSPS) is 21.9. The molecule has 0 aromatic heterocycles. The molecule has 1 N–H and O–H groups in total. The van der Waals surface area contributed by atoms with Crippen LogP contribution in [0.1, 0.15) is 33.1 Å². The van der Waals surface area contributed by atoms with Gasteiger partial charge in [0.2, 0.25) is 0 Å². The molecule has 3 heteroatoms. The molecule has 0 amide bonds. The number of nitrogens with zero attached hydrogens (tertiary/aromatic N) is 1. The predicted octanol–water partition coefficient (Wildman–Crippen LogP) is 4.51. The van der Waals surface area contributed by atoms with E-state index >= 15 is 0 Å². The van der Waals surface area contributed by atoms with Crippen LogP contribution in [0.5, 0.6) is 0 Å². The summed E-state index contributed by atoms with van der Waals surface area (Å²) in [5, 5.41) is 3.72. The maximum absolute atomic E-state index is 3.72. The fourth-order valence-corrected chi connectivity index (χ4v) is 3.15. The Labute approximate surface area is 119 Å². The van der Waals surface area contributed by atoms with E-state index in [0.29, 0.717) is 11.5 Å². The zero-order valence-corrected chi connectivity index (χ0v) is 13.3. The van der Waals surface area contributed by atoms with E-state index in [1.165, 1.54) is 30.6 Å². The number of halogens is 1. The molecule has 2 nitrogen and oxygen atoms in total. The van der Waals surface area contributed by atoms with E-state index in [1.54, 1.807) is 0 Å². The van der Waals surface area contributed by atoms with Gasteiger partial charge in [-0.1, -0.05) is 29.8 Å². The number of rotatable bonds is 3. The first-order chi connectivity index (χ1) is 8.37. The molecule has 1 aromatic rings. The van der Waals surface area contributed by atoms with Crippen LogP contribution in [0.3, 0.4) is 0 Å². The van der Waals surface area contributed by atoms with Crippen LogP contribution in [-0.4, -0.2) is 20.1 Å². The van der Waals surface area contributed by atoms with Gasteiger partial charge < -0.3 is 10.2 Å². The highest BCUT2D eigenvalue weighted by atomic mass is 79.9. The summed E-state index contributed by atoms with van der Waals surface area (Å²) >= 11 is 3.56. The standard InChI is InChI=1S/C15H23BrN2/c1-15(2)8-7-12(10-15)17-13-9-11(16)5-6-14(13)18(3)4/h5-6,9,12,17H,7-8,10H2,1-4H3. The fourth-order valence-electron chi connectivity index (χ4n) is 2.79. The van der Waals surface area contributed by atoms with Gasteiger partial charge in [0.25, 0.3) is 0 Å². The molecule has 1 fully saturated rings. The first kappa shape index (κ1) is 13.7. The van der Waals surface area contributed by atoms with Crippen LogP contribution < -0.4 is 10.2 Å². The molecule has 1 saturated carbocycles. The molecule has 0 saturated heterocycles. The highest BCUT2D eigenvalue weighted by molar-refractivity contribution is 9.10. The Morgan fingerprint density at radius 1 is 1.33 bits per heavy atom. The Bertz CT molecular complexity index is 427. The lowest BCUT2D eigenvalue weighted by atomic mass is 9.92. The molecular weight excluding hydrogens is 288 g/mol. The molecular formula is C15H23BrN2. The smallest absolute Gasteiger partial charge is 0.0597 e. The number of benzene rings is 1. The Morgan fingerprint density at radius 3 is 2.61 bits per heavy atom. The minimum atomic E-state index is 0.488. The second-order valence-electron chi connectivity index (χ2n) is 6.30. The molecule has 1 unspecified atom stereocenters. The SMILES string of the molecule is CN(C)c1ccc(Br)cc1NC1CCC(C)(C)C1. The second kappa shape index (κ2) is 5.12. The van der Waals surface area contributed by atoms with Crippen molar-refractivity contribution in [3.8, 4) is 0 Å². The summed E-state index contributed by atoms with van der Waals surface area (Å²) in [4.78, 5) is 2.16. The number of nitrogens with one attached hydrogen (secondary N) is 1. The minimum Gasteiger partial charge on any atom is -0.381 e. The second-order valence-corrected chi connectivity index (χ2v) is 7.22. The summed E-state index contributed by atoms with van der Waals surface area (Å²) in [6.07, 6.45) is 3.84. The molecule has 0 heterocycles. The average molecular weight is 311 g/mol. The maximum Gasteiger partial charge on any atom is 0.0597 e. The van der Waals surface area contributed by atoms with E-state index in [-0.39, 0.29) is 0 Å². The Kier molecular flexibility index (Phi) is 3.90. The highest BCUT2D eigenvalue weighted by Gasteiger charge is 2.31. The van der Waals surface area contributed by atoms with Crippen molar-refractivity contribution in [1.82, 2.24) is 0 Å². The van der Waals surface area contributed by atoms with Crippen LogP contribution in [-0.2, 0) is 0 Å². The molecule has 2 rings (SSSR count). The van der Waals surface area contributed by atoms with Crippen molar-refractivity contribution >= 4 is 27.3 Å². The van der Waals surface area contributed by atoms with Gasteiger partial charge in [0.05, 0.1) is 11.4 Å². The van der Waals surface area contributed by atoms with Gasteiger partial charge in [-0.15, -0.1) is 0 Å². The van der Waals surface area contributed by atoms with Crippen molar-refractivity contribution in [3.05, 3.63) is 22.7 Å². The van der Waals surface area contributed by atoms with Crippen molar-refractivity contribution in [2.24, 2.45) is 5.41 Å². The van der Waals surface area contributed by atoms with Crippen LogP contribution in [0, 0.1) is 5.41 Å². The molecule has 0 bridgehead atoms. The quantitative estimate of drug-likeness (QED) is 0.884. The average Bonchev–Trinajstić information content (AvgIpc) is 2.57. The first-order valence-electron chi connectivity index (χ1n) is 6.61. The van der Waals surface area contributed by atoms with Gasteiger partial charge in [-0.05, 0) is 42.9 Å². The topological polar surface area (TPSA) is 15.3 Å². The summed E-state index contributed by atoms with van der Waals surface area (Å²) in [7, 11) is 4.18. The van der Waals surface area contributed by atoms with Crippen molar-refractivity contribution in [2.75, 3.05) is 24.3 Å². The lowest BCUT2D eigenvalue weighted by molar-refractivity contribution is 0.378. The molecule has 0 spiro atoms. The molecule has 0 radical (unpaired) electrons. The molecule has 1 atom stereocenters. The largest absolute Gasteiger partial charge is 0.381 e. The lowest BCUT2D eigenvalue weighted by Crippen LogP contribution is -2.20. The van der Waals surface area contributed by atoms with E-state index in [4.69, 9.17) is 0 Å². The Balaban J connectivity index is 2.16. The van der Waals surface area contributed by atoms with Gasteiger partial charge in [-0.3, -0.25) is 0 Å². The van der Waals surface area contributed by atoms with Crippen molar-refractivity contribution in [1.29, 1.82) is 0 Å². The Hall–Kier alpha value is -0.700. The molecule has 1 aliphatic rings. The van der Waals surface area contributed by atoms with Crippen LogP contribution in [0.25, 0.3) is 0 Å². The van der Waals surface area contributed by atoms with Crippen molar-refractivity contribution < 1.29 is 0 Å². The van der Waals surface area contributed by atoms with Crippen LogP contribution in [0.15, 0.2) is 22.7 Å². The first-order valence-corrected chi connectivity index (χ1v) is 7.40. The minimum absolute atomic E-state index is 0.488. The van der Waals surface area contributed by atoms with Crippen LogP contribution in [0.4, 0.5) is 11.4 Å². The van der Waals surface area contributed by atoms with E-state index < -0.39 is 0 Å². The van der Waals surface area contributed by atoms with E-state index in [1.807, 2.05) is 0 Å². The number of hydrogen-bond acceptors (Lipinski definition) is 2. The lowest BCUT2D eigenvalue weighted by Gasteiger charge is -2.23. The third kappa shape index (κ3) is 3.19. The fraction of sp³-hybridized carbons (Fsp3) is 0.600. The third-order valence-electron chi connectivity index (χ3n) is 3.77. The third-order valence-corrected chi connectivity index (χ3v) is 4.26. The summed E-state index contributed by atoms with van der Waals surface area (Å²) in [6, 6.07) is 7.04. The molecule has 18 heavy (non-hydrogen) atoms. The van der Waals surface area contributed by atoms with E-state index in [9.17, 15) is 0 Å². The zero-order chi connectivity index (χ0) is 13.3. The van der Waals surface area contributed by atoms with E-state index in [2.05, 4.69) is 72.3 Å². The monoisotopic (exact) mass is 310 g/mol. The van der Waals surface area contributed by atoms with Gasteiger partial charge >= 0.3 is 0 Å². The number of hydrogen-bond donors (Lipinski definition) is 1. The molecule has 100 valence electrons. The van der Waals surface area contributed by atoms with Gasteiger partial charge in [-0.2, -0.15) is 0 Å². The molecule has 1 aliphatic carbocycles. The summed E-state index contributed by atoms with van der Waals surface area (Å²) in [6.45, 7) is 4.73. The number of anilines is 2. The summed E-state index contributed by atoms with van der Waals surface area (Å²) in [5.41, 5.74) is 2.97. The molecule has 1 aromatic carbocycles.